The number of carboxylic acids is 1. The van der Waals surface area contributed by atoms with Crippen molar-refractivity contribution in [2.45, 2.75) is 6.42 Å². The maximum Gasteiger partial charge on any atom is 0.337 e. The maximum atomic E-state index is 12.0. The highest BCUT2D eigenvalue weighted by Crippen LogP contribution is 2.20. The Morgan fingerprint density at radius 3 is 2.84 bits per heavy atom. The predicted molar refractivity (Wildman–Crippen MR) is 65.6 cm³/mol. The Balaban J connectivity index is 2.12. The first kappa shape index (κ1) is 13.0. The first-order chi connectivity index (χ1) is 8.99. The monoisotopic (exact) mass is 263 g/mol. The summed E-state index contributed by atoms with van der Waals surface area (Å²) in [5.41, 5.74) is 0.114. The number of carboxylic acid groups (broad SMARTS) is 1. The topological polar surface area (TPSA) is 99.6 Å². The molecule has 0 bridgehead atoms. The fourth-order valence-corrected chi connectivity index (χ4v) is 1.95. The third kappa shape index (κ3) is 2.70. The summed E-state index contributed by atoms with van der Waals surface area (Å²) in [4.78, 5) is 39.6. The lowest BCUT2D eigenvalue weighted by Gasteiger charge is -2.12. The second kappa shape index (κ2) is 5.05. The van der Waals surface area contributed by atoms with Crippen molar-refractivity contribution in [2.24, 2.45) is 5.92 Å². The normalized spacial score (nSPS) is 18.5. The number of aromatic carboxylic acids is 1. The summed E-state index contributed by atoms with van der Waals surface area (Å²) < 4.78 is 0. The van der Waals surface area contributed by atoms with Gasteiger partial charge in [-0.25, -0.2) is 4.79 Å². The third-order valence-electron chi connectivity index (χ3n) is 3.02. The molecule has 19 heavy (non-hydrogen) atoms. The molecule has 1 aromatic rings. The molecule has 1 atom stereocenters. The zero-order valence-corrected chi connectivity index (χ0v) is 10.3. The average molecular weight is 263 g/mol. The van der Waals surface area contributed by atoms with E-state index in [4.69, 9.17) is 5.11 Å². The van der Waals surface area contributed by atoms with Gasteiger partial charge in [0, 0.05) is 26.2 Å². The maximum absolute atomic E-state index is 12.0. The molecule has 0 saturated carbocycles. The molecule has 0 aromatic carbocycles. The number of rotatable bonds is 3. The second-order valence-electron chi connectivity index (χ2n) is 4.39. The van der Waals surface area contributed by atoms with Crippen LogP contribution in [0.5, 0.6) is 0 Å². The molecular formula is C12H13N3O4. The molecule has 7 heteroatoms. The first-order valence-electron chi connectivity index (χ1n) is 5.71. The van der Waals surface area contributed by atoms with E-state index in [0.29, 0.717) is 6.54 Å². The fourth-order valence-electron chi connectivity index (χ4n) is 1.95. The van der Waals surface area contributed by atoms with Crippen LogP contribution in [0, 0.1) is 5.92 Å². The number of hydrogen-bond acceptors (Lipinski definition) is 4. The van der Waals surface area contributed by atoms with E-state index in [2.05, 4.69) is 10.3 Å². The number of aromatic nitrogens is 1. The van der Waals surface area contributed by atoms with E-state index < -0.39 is 11.9 Å². The van der Waals surface area contributed by atoms with Crippen LogP contribution in [0.2, 0.25) is 0 Å². The summed E-state index contributed by atoms with van der Waals surface area (Å²) in [5.74, 6) is -2.06. The summed E-state index contributed by atoms with van der Waals surface area (Å²) in [5, 5.41) is 11.5. The van der Waals surface area contributed by atoms with Gasteiger partial charge in [-0.3, -0.25) is 14.6 Å². The number of nitrogens with zero attached hydrogens (tertiary/aromatic N) is 2. The molecule has 0 aliphatic carbocycles. The number of anilines is 1. The minimum Gasteiger partial charge on any atom is -0.478 e. The highest BCUT2D eigenvalue weighted by Gasteiger charge is 2.32. The van der Waals surface area contributed by atoms with Gasteiger partial charge in [-0.15, -0.1) is 0 Å². The van der Waals surface area contributed by atoms with Gasteiger partial charge in [-0.1, -0.05) is 0 Å². The molecule has 2 N–H and O–H groups in total. The molecule has 2 amide bonds. The number of carbonyl (C=O) groups is 3. The minimum atomic E-state index is -1.14. The highest BCUT2D eigenvalue weighted by atomic mass is 16.4. The van der Waals surface area contributed by atoms with Crippen LogP contribution in [-0.4, -0.2) is 46.4 Å². The summed E-state index contributed by atoms with van der Waals surface area (Å²) in [6, 6.07) is 1.31. The van der Waals surface area contributed by atoms with Gasteiger partial charge in [-0.2, -0.15) is 0 Å². The molecule has 1 aromatic heterocycles. The van der Waals surface area contributed by atoms with Gasteiger partial charge in [0.2, 0.25) is 11.8 Å². The van der Waals surface area contributed by atoms with Gasteiger partial charge in [0.1, 0.15) is 0 Å². The molecule has 1 saturated heterocycles. The van der Waals surface area contributed by atoms with E-state index in [0.717, 1.165) is 0 Å². The lowest BCUT2D eigenvalue weighted by Crippen LogP contribution is -2.26. The Bertz CT molecular complexity index is 544. The second-order valence-corrected chi connectivity index (χ2v) is 4.39. The highest BCUT2D eigenvalue weighted by molar-refractivity contribution is 6.02. The van der Waals surface area contributed by atoms with Gasteiger partial charge in [0.25, 0.3) is 0 Å². The molecule has 100 valence electrons. The number of nitrogens with one attached hydrogen (secondary N) is 1. The molecule has 1 unspecified atom stereocenters. The van der Waals surface area contributed by atoms with E-state index in [1.54, 1.807) is 7.05 Å². The van der Waals surface area contributed by atoms with E-state index >= 15 is 0 Å². The molecule has 1 fully saturated rings. The van der Waals surface area contributed by atoms with E-state index in [1.165, 1.54) is 23.4 Å². The van der Waals surface area contributed by atoms with Crippen LogP contribution >= 0.6 is 0 Å². The number of carbonyl (C=O) groups excluding carboxylic acids is 2. The summed E-state index contributed by atoms with van der Waals surface area (Å²) in [6.45, 7) is 0.341. The lowest BCUT2D eigenvalue weighted by atomic mass is 10.1. The Labute approximate surface area is 109 Å². The summed E-state index contributed by atoms with van der Waals surface area (Å²) >= 11 is 0. The van der Waals surface area contributed by atoms with Crippen LogP contribution in [0.3, 0.4) is 0 Å². The van der Waals surface area contributed by atoms with E-state index in [1.807, 2.05) is 0 Å². The Morgan fingerprint density at radius 1 is 1.53 bits per heavy atom. The van der Waals surface area contributed by atoms with Gasteiger partial charge in [0.15, 0.2) is 0 Å². The van der Waals surface area contributed by atoms with Crippen LogP contribution in [0.25, 0.3) is 0 Å². The van der Waals surface area contributed by atoms with Crippen molar-refractivity contribution in [1.82, 2.24) is 9.88 Å². The molecule has 1 aliphatic rings. The van der Waals surface area contributed by atoms with E-state index in [-0.39, 0.29) is 29.5 Å². The SMILES string of the molecule is CN1CC(C(=O)Nc2cnccc2C(=O)O)CC1=O. The van der Waals surface area contributed by atoms with Crippen molar-refractivity contribution in [3.05, 3.63) is 24.0 Å². The third-order valence-corrected chi connectivity index (χ3v) is 3.02. The molecule has 0 spiro atoms. The molecular weight excluding hydrogens is 250 g/mol. The van der Waals surface area contributed by atoms with Crippen LogP contribution in [0.1, 0.15) is 16.8 Å². The Hall–Kier alpha value is -2.44. The summed E-state index contributed by atoms with van der Waals surface area (Å²) in [6.07, 6.45) is 2.76. The first-order valence-corrected chi connectivity index (χ1v) is 5.71. The van der Waals surface area contributed by atoms with Gasteiger partial charge in [-0.05, 0) is 6.07 Å². The van der Waals surface area contributed by atoms with Gasteiger partial charge in [0.05, 0.1) is 23.4 Å². The number of amides is 2. The molecule has 2 heterocycles. The average Bonchev–Trinajstić information content (AvgIpc) is 2.70. The number of likely N-dealkylation sites (tertiary alicyclic amines) is 1. The Kier molecular flexibility index (Phi) is 3.46. The predicted octanol–water partition coefficient (Wildman–Crippen LogP) is 0.197. The van der Waals surface area contributed by atoms with Crippen LogP contribution in [0.15, 0.2) is 18.5 Å². The van der Waals surface area contributed by atoms with Crippen LogP contribution < -0.4 is 5.32 Å². The minimum absolute atomic E-state index is 0.0268. The van der Waals surface area contributed by atoms with Crippen LogP contribution in [0.4, 0.5) is 5.69 Å². The van der Waals surface area contributed by atoms with Crippen LogP contribution in [-0.2, 0) is 9.59 Å². The van der Waals surface area contributed by atoms with Crippen molar-refractivity contribution < 1.29 is 19.5 Å². The number of pyridine rings is 1. The van der Waals surface area contributed by atoms with Crippen molar-refractivity contribution >= 4 is 23.5 Å². The Morgan fingerprint density at radius 2 is 2.26 bits per heavy atom. The number of hydrogen-bond donors (Lipinski definition) is 2. The van der Waals surface area contributed by atoms with Crippen molar-refractivity contribution in [2.75, 3.05) is 18.9 Å². The standard InChI is InChI=1S/C12H13N3O4/c1-15-6-7(4-10(15)16)11(17)14-9-5-13-3-2-8(9)12(18)19/h2-3,5,7H,4,6H2,1H3,(H,14,17)(H,18,19). The van der Waals surface area contributed by atoms with E-state index in [9.17, 15) is 14.4 Å². The molecule has 7 nitrogen and oxygen atoms in total. The van der Waals surface area contributed by atoms with Crippen molar-refractivity contribution in [3.63, 3.8) is 0 Å². The molecule has 2 rings (SSSR count). The van der Waals surface area contributed by atoms with Gasteiger partial charge < -0.3 is 15.3 Å². The van der Waals surface area contributed by atoms with Crippen molar-refractivity contribution in [1.29, 1.82) is 0 Å². The smallest absolute Gasteiger partial charge is 0.337 e. The summed E-state index contributed by atoms with van der Waals surface area (Å²) in [7, 11) is 1.63. The zero-order chi connectivity index (χ0) is 14.0. The molecule has 1 aliphatic heterocycles. The van der Waals surface area contributed by atoms with Crippen molar-refractivity contribution in [3.8, 4) is 0 Å². The quantitative estimate of drug-likeness (QED) is 0.811. The zero-order valence-electron chi connectivity index (χ0n) is 10.3. The van der Waals surface area contributed by atoms with Gasteiger partial charge >= 0.3 is 5.97 Å². The lowest BCUT2D eigenvalue weighted by molar-refractivity contribution is -0.127. The largest absolute Gasteiger partial charge is 0.478 e. The fraction of sp³-hybridized carbons (Fsp3) is 0.333. The molecule has 0 radical (unpaired) electrons.